The Morgan fingerprint density at radius 1 is 1.33 bits per heavy atom. The molecular weight excluding hydrogens is 224 g/mol. The van der Waals surface area contributed by atoms with Crippen molar-refractivity contribution < 1.29 is 4.79 Å². The van der Waals surface area contributed by atoms with Crippen LogP contribution in [0.5, 0.6) is 0 Å². The van der Waals surface area contributed by atoms with E-state index in [4.69, 9.17) is 5.73 Å². The first kappa shape index (κ1) is 14.7. The van der Waals surface area contributed by atoms with Crippen LogP contribution < -0.4 is 11.1 Å². The maximum absolute atomic E-state index is 12.0. The second-order valence-corrected chi connectivity index (χ2v) is 5.18. The third-order valence-corrected chi connectivity index (χ3v) is 3.38. The number of nitrogens with one attached hydrogen (secondary N) is 1. The summed E-state index contributed by atoms with van der Waals surface area (Å²) in [5.41, 5.74) is 7.94. The quantitative estimate of drug-likeness (QED) is 0.841. The number of carbonyl (C=O) groups is 1. The Hall–Kier alpha value is -1.35. The summed E-state index contributed by atoms with van der Waals surface area (Å²) in [6, 6.07) is 7.48. The molecule has 100 valence electrons. The monoisotopic (exact) mass is 248 g/mol. The molecule has 1 aromatic carbocycles. The van der Waals surface area contributed by atoms with Gasteiger partial charge >= 0.3 is 0 Å². The van der Waals surface area contributed by atoms with Crippen LogP contribution in [0.2, 0.25) is 0 Å². The van der Waals surface area contributed by atoms with Gasteiger partial charge in [0, 0.05) is 5.69 Å². The van der Waals surface area contributed by atoms with E-state index in [1.54, 1.807) is 0 Å². The fraction of sp³-hybridized carbons (Fsp3) is 0.533. The van der Waals surface area contributed by atoms with Gasteiger partial charge in [0.25, 0.3) is 0 Å². The van der Waals surface area contributed by atoms with Gasteiger partial charge < -0.3 is 11.1 Å². The van der Waals surface area contributed by atoms with Crippen molar-refractivity contribution in [3.8, 4) is 0 Å². The first-order valence-electron chi connectivity index (χ1n) is 6.62. The second kappa shape index (κ2) is 6.55. The lowest BCUT2D eigenvalue weighted by Crippen LogP contribution is -2.40. The van der Waals surface area contributed by atoms with E-state index in [9.17, 15) is 4.79 Å². The Balaban J connectivity index is 2.73. The van der Waals surface area contributed by atoms with Gasteiger partial charge in [-0.2, -0.15) is 0 Å². The van der Waals surface area contributed by atoms with Gasteiger partial charge in [0.2, 0.25) is 5.91 Å². The maximum Gasteiger partial charge on any atom is 0.241 e. The Labute approximate surface area is 110 Å². The molecule has 1 amide bonds. The van der Waals surface area contributed by atoms with Crippen LogP contribution in [0.3, 0.4) is 0 Å². The molecule has 3 heteroatoms. The van der Waals surface area contributed by atoms with Crippen molar-refractivity contribution in [2.45, 2.75) is 46.1 Å². The Kier molecular flexibility index (Phi) is 5.35. The zero-order chi connectivity index (χ0) is 13.7. The standard InChI is InChI=1S/C15H24N2O/c1-5-11(4)14(16)15(18)17-13-8-6-7-12(9-13)10(2)3/h6-11,14H,5,16H2,1-4H3,(H,17,18)/t11-,14-/m0/s1. The lowest BCUT2D eigenvalue weighted by molar-refractivity contribution is -0.118. The highest BCUT2D eigenvalue weighted by Crippen LogP contribution is 2.19. The maximum atomic E-state index is 12.0. The van der Waals surface area contributed by atoms with E-state index in [1.807, 2.05) is 32.0 Å². The zero-order valence-electron chi connectivity index (χ0n) is 11.7. The van der Waals surface area contributed by atoms with E-state index < -0.39 is 6.04 Å². The van der Waals surface area contributed by atoms with Crippen molar-refractivity contribution in [3.63, 3.8) is 0 Å². The minimum atomic E-state index is -0.447. The number of nitrogens with two attached hydrogens (primary N) is 1. The Morgan fingerprint density at radius 3 is 2.56 bits per heavy atom. The van der Waals surface area contributed by atoms with Gasteiger partial charge in [-0.1, -0.05) is 46.2 Å². The van der Waals surface area contributed by atoms with Crippen LogP contribution in [0, 0.1) is 5.92 Å². The molecule has 3 N–H and O–H groups in total. The molecule has 0 unspecified atom stereocenters. The molecule has 0 aliphatic carbocycles. The minimum Gasteiger partial charge on any atom is -0.325 e. The highest BCUT2D eigenvalue weighted by molar-refractivity contribution is 5.94. The molecule has 0 fully saturated rings. The van der Waals surface area contributed by atoms with Crippen LogP contribution in [0.25, 0.3) is 0 Å². The van der Waals surface area contributed by atoms with Gasteiger partial charge in [-0.05, 0) is 29.5 Å². The molecular formula is C15H24N2O. The Bertz CT molecular complexity index is 401. The summed E-state index contributed by atoms with van der Waals surface area (Å²) in [5.74, 6) is 0.536. The summed E-state index contributed by atoms with van der Waals surface area (Å²) in [6.45, 7) is 8.30. The molecule has 1 rings (SSSR count). The van der Waals surface area contributed by atoms with Crippen LogP contribution in [0.1, 0.15) is 45.6 Å². The van der Waals surface area contributed by atoms with Crippen molar-refractivity contribution in [3.05, 3.63) is 29.8 Å². The lowest BCUT2D eigenvalue weighted by Gasteiger charge is -2.18. The fourth-order valence-corrected chi connectivity index (χ4v) is 1.71. The van der Waals surface area contributed by atoms with E-state index in [2.05, 4.69) is 25.2 Å². The molecule has 3 nitrogen and oxygen atoms in total. The summed E-state index contributed by atoms with van der Waals surface area (Å²) >= 11 is 0. The van der Waals surface area contributed by atoms with Crippen molar-refractivity contribution in [2.75, 3.05) is 5.32 Å². The van der Waals surface area contributed by atoms with Crippen LogP contribution in [-0.2, 0) is 4.79 Å². The minimum absolute atomic E-state index is 0.106. The van der Waals surface area contributed by atoms with Crippen LogP contribution in [0.15, 0.2) is 24.3 Å². The summed E-state index contributed by atoms with van der Waals surface area (Å²) < 4.78 is 0. The van der Waals surface area contributed by atoms with Crippen molar-refractivity contribution in [1.82, 2.24) is 0 Å². The third kappa shape index (κ3) is 3.84. The summed E-state index contributed by atoms with van der Waals surface area (Å²) in [7, 11) is 0. The van der Waals surface area contributed by atoms with Crippen LogP contribution in [-0.4, -0.2) is 11.9 Å². The van der Waals surface area contributed by atoms with E-state index in [-0.39, 0.29) is 11.8 Å². The average molecular weight is 248 g/mol. The van der Waals surface area contributed by atoms with Crippen LogP contribution >= 0.6 is 0 Å². The van der Waals surface area contributed by atoms with Gasteiger partial charge in [-0.15, -0.1) is 0 Å². The molecule has 1 aromatic rings. The fourth-order valence-electron chi connectivity index (χ4n) is 1.71. The van der Waals surface area contributed by atoms with Gasteiger partial charge in [-0.25, -0.2) is 0 Å². The van der Waals surface area contributed by atoms with Gasteiger partial charge in [0.1, 0.15) is 0 Å². The number of hydrogen-bond acceptors (Lipinski definition) is 2. The molecule has 0 heterocycles. The molecule has 0 bridgehead atoms. The average Bonchev–Trinajstić information content (AvgIpc) is 2.37. The predicted molar refractivity (Wildman–Crippen MR) is 76.6 cm³/mol. The zero-order valence-corrected chi connectivity index (χ0v) is 11.7. The van der Waals surface area contributed by atoms with E-state index >= 15 is 0 Å². The topological polar surface area (TPSA) is 55.1 Å². The predicted octanol–water partition coefficient (Wildman–Crippen LogP) is 3.12. The third-order valence-electron chi connectivity index (χ3n) is 3.38. The second-order valence-electron chi connectivity index (χ2n) is 5.18. The highest BCUT2D eigenvalue weighted by Gasteiger charge is 2.19. The van der Waals surface area contributed by atoms with Gasteiger partial charge in [0.15, 0.2) is 0 Å². The SMILES string of the molecule is CC[C@H](C)[C@H](N)C(=O)Nc1cccc(C(C)C)c1. The number of hydrogen-bond donors (Lipinski definition) is 2. The summed E-state index contributed by atoms with van der Waals surface area (Å²) in [4.78, 5) is 12.0. The molecule has 0 saturated heterocycles. The molecule has 0 saturated carbocycles. The van der Waals surface area contributed by atoms with E-state index in [0.29, 0.717) is 5.92 Å². The first-order chi connectivity index (χ1) is 8.45. The molecule has 2 atom stereocenters. The highest BCUT2D eigenvalue weighted by atomic mass is 16.2. The molecule has 0 radical (unpaired) electrons. The summed E-state index contributed by atoms with van der Waals surface area (Å²) in [5, 5.41) is 2.89. The smallest absolute Gasteiger partial charge is 0.241 e. The number of anilines is 1. The Morgan fingerprint density at radius 2 is 2.00 bits per heavy atom. The molecule has 18 heavy (non-hydrogen) atoms. The van der Waals surface area contributed by atoms with Crippen molar-refractivity contribution in [1.29, 1.82) is 0 Å². The van der Waals surface area contributed by atoms with Crippen molar-refractivity contribution in [2.24, 2.45) is 11.7 Å². The molecule has 0 spiro atoms. The van der Waals surface area contributed by atoms with E-state index in [0.717, 1.165) is 12.1 Å². The molecule has 0 aliphatic heterocycles. The number of amides is 1. The van der Waals surface area contributed by atoms with Gasteiger partial charge in [-0.3, -0.25) is 4.79 Å². The molecule has 0 aliphatic rings. The normalized spacial score (nSPS) is 14.3. The first-order valence-corrected chi connectivity index (χ1v) is 6.62. The van der Waals surface area contributed by atoms with Crippen molar-refractivity contribution >= 4 is 11.6 Å². The lowest BCUT2D eigenvalue weighted by atomic mass is 9.99. The van der Waals surface area contributed by atoms with Gasteiger partial charge in [0.05, 0.1) is 6.04 Å². The van der Waals surface area contributed by atoms with E-state index in [1.165, 1.54) is 5.56 Å². The molecule has 0 aromatic heterocycles. The largest absolute Gasteiger partial charge is 0.325 e. The summed E-state index contributed by atoms with van der Waals surface area (Å²) in [6.07, 6.45) is 0.903. The number of carbonyl (C=O) groups excluding carboxylic acids is 1. The number of benzene rings is 1. The number of rotatable bonds is 5. The van der Waals surface area contributed by atoms with Crippen LogP contribution in [0.4, 0.5) is 5.69 Å².